The number of rotatable bonds is 3. The van der Waals surface area contributed by atoms with Crippen LogP contribution >= 0.6 is 0 Å². The molecule has 2 aromatic rings. The number of tetrazole rings is 1. The number of hydrogen-bond donors (Lipinski definition) is 2. The van der Waals surface area contributed by atoms with E-state index in [0.717, 1.165) is 30.8 Å². The fourth-order valence-electron chi connectivity index (χ4n) is 4.76. The summed E-state index contributed by atoms with van der Waals surface area (Å²) in [7, 11) is 0. The van der Waals surface area contributed by atoms with E-state index in [2.05, 4.69) is 46.9 Å². The van der Waals surface area contributed by atoms with Gasteiger partial charge in [-0.2, -0.15) is 0 Å². The normalized spacial score (nSPS) is 24.5. The summed E-state index contributed by atoms with van der Waals surface area (Å²) in [6.07, 6.45) is 6.52. The van der Waals surface area contributed by atoms with E-state index in [9.17, 15) is 10.1 Å². The van der Waals surface area contributed by atoms with E-state index in [1.54, 1.807) is 12.1 Å². The lowest BCUT2D eigenvalue weighted by molar-refractivity contribution is -0.384. The molecule has 0 bridgehead atoms. The summed E-state index contributed by atoms with van der Waals surface area (Å²) in [6.45, 7) is 6.33. The van der Waals surface area contributed by atoms with Crippen LogP contribution in [0, 0.1) is 10.1 Å². The molecule has 9 nitrogen and oxygen atoms in total. The molecule has 4 rings (SSSR count). The summed E-state index contributed by atoms with van der Waals surface area (Å²) in [5.74, 6) is 0.786. The van der Waals surface area contributed by atoms with Crippen molar-refractivity contribution in [3.05, 3.63) is 34.1 Å². The molecule has 1 aromatic carbocycles. The maximum Gasteiger partial charge on any atom is 0.271 e. The summed E-state index contributed by atoms with van der Waals surface area (Å²) in [6, 6.07) is 5.17. The minimum Gasteiger partial charge on any atom is -0.378 e. The number of nitrogens with zero attached hydrogens (tertiary/aromatic N) is 5. The van der Waals surface area contributed by atoms with Gasteiger partial charge in [-0.1, -0.05) is 19.3 Å². The molecule has 0 spiro atoms. The fraction of sp³-hybridized carbons (Fsp3) is 0.632. The van der Waals surface area contributed by atoms with Gasteiger partial charge < -0.3 is 10.6 Å². The molecular weight excluding hydrogens is 358 g/mol. The summed E-state index contributed by atoms with van der Waals surface area (Å²) in [5.41, 5.74) is 0.767. The maximum atomic E-state index is 11.3. The van der Waals surface area contributed by atoms with Crippen LogP contribution in [0.25, 0.3) is 0 Å². The minimum atomic E-state index is -0.572. The van der Waals surface area contributed by atoms with E-state index in [-0.39, 0.29) is 16.1 Å². The first-order valence-corrected chi connectivity index (χ1v) is 9.91. The number of aromatic nitrogens is 4. The average Bonchev–Trinajstić information content (AvgIpc) is 3.10. The van der Waals surface area contributed by atoms with Crippen LogP contribution in [0.2, 0.25) is 0 Å². The highest BCUT2D eigenvalue weighted by Crippen LogP contribution is 2.43. The van der Waals surface area contributed by atoms with E-state index in [4.69, 9.17) is 0 Å². The average molecular weight is 385 g/mol. The molecule has 1 unspecified atom stereocenters. The number of nitrogens with one attached hydrogen (secondary N) is 2. The van der Waals surface area contributed by atoms with Crippen molar-refractivity contribution >= 4 is 17.1 Å². The second-order valence-corrected chi connectivity index (χ2v) is 8.87. The minimum absolute atomic E-state index is 0.0574. The molecule has 28 heavy (non-hydrogen) atoms. The molecule has 1 aliphatic carbocycles. The SMILES string of the molecule is CC1(C)CC(C)(c2nnnn2C2CCCCC2)Nc2cc([N+](=O)[O-])ccc2N1. The van der Waals surface area contributed by atoms with Crippen LogP contribution in [0.5, 0.6) is 0 Å². The Labute approximate surface area is 164 Å². The number of hydrogen-bond acceptors (Lipinski definition) is 7. The van der Waals surface area contributed by atoms with Crippen LogP contribution in [0.1, 0.15) is 71.2 Å². The molecule has 0 saturated heterocycles. The van der Waals surface area contributed by atoms with Crippen molar-refractivity contribution in [2.45, 2.75) is 76.4 Å². The van der Waals surface area contributed by atoms with Crippen LogP contribution in [0.4, 0.5) is 17.1 Å². The monoisotopic (exact) mass is 385 g/mol. The van der Waals surface area contributed by atoms with Crippen LogP contribution in [0.3, 0.4) is 0 Å². The van der Waals surface area contributed by atoms with Crippen molar-refractivity contribution in [3.63, 3.8) is 0 Å². The molecule has 1 fully saturated rings. The van der Waals surface area contributed by atoms with Gasteiger partial charge in [-0.15, -0.1) is 5.10 Å². The zero-order chi connectivity index (χ0) is 19.9. The molecule has 2 aliphatic rings. The van der Waals surface area contributed by atoms with E-state index in [1.165, 1.54) is 25.3 Å². The number of non-ortho nitro benzene ring substituents is 1. The molecule has 0 amide bonds. The van der Waals surface area contributed by atoms with Crippen LogP contribution in [-0.4, -0.2) is 30.7 Å². The Balaban J connectivity index is 1.77. The van der Waals surface area contributed by atoms with Gasteiger partial charge in [-0.3, -0.25) is 10.1 Å². The van der Waals surface area contributed by atoms with Gasteiger partial charge in [0.05, 0.1) is 27.9 Å². The second-order valence-electron chi connectivity index (χ2n) is 8.87. The highest BCUT2D eigenvalue weighted by Gasteiger charge is 2.42. The van der Waals surface area contributed by atoms with E-state index in [1.807, 2.05) is 4.68 Å². The predicted molar refractivity (Wildman–Crippen MR) is 106 cm³/mol. The van der Waals surface area contributed by atoms with Crippen LogP contribution in [0.15, 0.2) is 18.2 Å². The lowest BCUT2D eigenvalue weighted by Gasteiger charge is -2.36. The highest BCUT2D eigenvalue weighted by atomic mass is 16.6. The molecule has 0 radical (unpaired) electrons. The van der Waals surface area contributed by atoms with Gasteiger partial charge in [0.25, 0.3) is 5.69 Å². The van der Waals surface area contributed by atoms with Gasteiger partial charge in [-0.05, 0) is 56.5 Å². The number of nitro groups is 1. The summed E-state index contributed by atoms with van der Waals surface area (Å²) < 4.78 is 1.98. The highest BCUT2D eigenvalue weighted by molar-refractivity contribution is 5.74. The number of nitro benzene ring substituents is 1. The molecular formula is C19H27N7O2. The van der Waals surface area contributed by atoms with Crippen molar-refractivity contribution in [1.82, 2.24) is 20.2 Å². The topological polar surface area (TPSA) is 111 Å². The predicted octanol–water partition coefficient (Wildman–Crippen LogP) is 4.01. The smallest absolute Gasteiger partial charge is 0.271 e. The van der Waals surface area contributed by atoms with E-state index < -0.39 is 5.54 Å². The molecule has 1 aromatic heterocycles. The third-order valence-electron chi connectivity index (χ3n) is 5.80. The zero-order valence-electron chi connectivity index (χ0n) is 16.6. The Bertz CT molecular complexity index is 888. The molecule has 2 heterocycles. The van der Waals surface area contributed by atoms with Gasteiger partial charge >= 0.3 is 0 Å². The first kappa shape index (κ1) is 18.6. The van der Waals surface area contributed by atoms with Crippen LogP contribution < -0.4 is 10.6 Å². The first-order chi connectivity index (χ1) is 13.3. The Kier molecular flexibility index (Phi) is 4.47. The largest absolute Gasteiger partial charge is 0.378 e. The van der Waals surface area contributed by atoms with Gasteiger partial charge in [0.2, 0.25) is 0 Å². The number of fused-ring (bicyclic) bond motifs is 1. The fourth-order valence-corrected chi connectivity index (χ4v) is 4.76. The van der Waals surface area contributed by atoms with Crippen LogP contribution in [-0.2, 0) is 5.54 Å². The van der Waals surface area contributed by atoms with E-state index >= 15 is 0 Å². The van der Waals surface area contributed by atoms with Crippen molar-refractivity contribution < 1.29 is 4.92 Å². The van der Waals surface area contributed by atoms with Gasteiger partial charge in [0, 0.05) is 17.7 Å². The lowest BCUT2D eigenvalue weighted by Crippen LogP contribution is -2.43. The Morgan fingerprint density at radius 3 is 2.61 bits per heavy atom. The zero-order valence-corrected chi connectivity index (χ0v) is 16.6. The lowest BCUT2D eigenvalue weighted by atomic mass is 9.84. The molecule has 1 aliphatic heterocycles. The number of anilines is 2. The maximum absolute atomic E-state index is 11.3. The van der Waals surface area contributed by atoms with Gasteiger partial charge in [0.15, 0.2) is 5.82 Å². The third kappa shape index (κ3) is 3.41. The Hall–Kier alpha value is -2.71. The third-order valence-corrected chi connectivity index (χ3v) is 5.80. The Morgan fingerprint density at radius 2 is 1.89 bits per heavy atom. The summed E-state index contributed by atoms with van der Waals surface area (Å²) in [4.78, 5) is 10.9. The Morgan fingerprint density at radius 1 is 1.14 bits per heavy atom. The van der Waals surface area contributed by atoms with Gasteiger partial charge in [-0.25, -0.2) is 4.68 Å². The molecule has 9 heteroatoms. The van der Waals surface area contributed by atoms with Crippen molar-refractivity contribution in [1.29, 1.82) is 0 Å². The quantitative estimate of drug-likeness (QED) is 0.606. The standard InChI is InChI=1S/C19H27N7O2/c1-18(2)12-19(3,17-22-23-24-25(17)13-7-5-4-6-8-13)21-16-11-14(26(27)28)9-10-15(16)20-18/h9-11,13,20-21H,4-8,12H2,1-3H3. The van der Waals surface area contributed by atoms with E-state index in [0.29, 0.717) is 11.7 Å². The molecule has 2 N–H and O–H groups in total. The van der Waals surface area contributed by atoms with Crippen molar-refractivity contribution in [2.24, 2.45) is 0 Å². The molecule has 1 atom stereocenters. The number of benzene rings is 1. The molecule has 150 valence electrons. The summed E-state index contributed by atoms with van der Waals surface area (Å²) >= 11 is 0. The molecule has 1 saturated carbocycles. The van der Waals surface area contributed by atoms with Crippen molar-refractivity contribution in [3.8, 4) is 0 Å². The first-order valence-electron chi connectivity index (χ1n) is 9.91. The van der Waals surface area contributed by atoms with Gasteiger partial charge in [0.1, 0.15) is 0 Å². The van der Waals surface area contributed by atoms with Crippen molar-refractivity contribution in [2.75, 3.05) is 10.6 Å². The second kappa shape index (κ2) is 6.72. The summed E-state index contributed by atoms with van der Waals surface area (Å²) in [5, 5.41) is 31.0.